The number of nitrogens with zero attached hydrogens (tertiary/aromatic N) is 2. The number of hydrogen-bond donors (Lipinski definition) is 1. The molecular formula is C16H27N3O2. The van der Waals surface area contributed by atoms with Gasteiger partial charge in [0.2, 0.25) is 0 Å². The van der Waals surface area contributed by atoms with Gasteiger partial charge in [0.15, 0.2) is 0 Å². The Morgan fingerprint density at radius 3 is 2.52 bits per heavy atom. The summed E-state index contributed by atoms with van der Waals surface area (Å²) < 4.78 is 0. The van der Waals surface area contributed by atoms with Crippen LogP contribution in [0.3, 0.4) is 0 Å². The van der Waals surface area contributed by atoms with Crippen molar-refractivity contribution >= 4 is 5.69 Å². The molecule has 0 amide bonds. The lowest BCUT2D eigenvalue weighted by atomic mass is 10.0. The highest BCUT2D eigenvalue weighted by atomic mass is 16.6. The van der Waals surface area contributed by atoms with Gasteiger partial charge in [0.1, 0.15) is 0 Å². The smallest absolute Gasteiger partial charge is 0.272 e. The van der Waals surface area contributed by atoms with Gasteiger partial charge in [-0.15, -0.1) is 0 Å². The van der Waals surface area contributed by atoms with E-state index >= 15 is 0 Å². The molecule has 1 aromatic rings. The molecule has 1 atom stereocenters. The van der Waals surface area contributed by atoms with Crippen LogP contribution in [0.2, 0.25) is 0 Å². The Kier molecular flexibility index (Phi) is 7.32. The Morgan fingerprint density at radius 1 is 1.29 bits per heavy atom. The molecule has 1 unspecified atom stereocenters. The third-order valence-electron chi connectivity index (χ3n) is 3.36. The molecule has 118 valence electrons. The zero-order valence-corrected chi connectivity index (χ0v) is 13.5. The summed E-state index contributed by atoms with van der Waals surface area (Å²) >= 11 is 0. The van der Waals surface area contributed by atoms with E-state index in [1.54, 1.807) is 12.1 Å². The summed E-state index contributed by atoms with van der Waals surface area (Å²) in [6, 6.07) is 7.39. The third-order valence-corrected chi connectivity index (χ3v) is 3.36. The Balaban J connectivity index is 2.55. The van der Waals surface area contributed by atoms with Crippen LogP contribution in [0, 0.1) is 16.0 Å². The maximum absolute atomic E-state index is 11.0. The number of rotatable bonds is 9. The minimum atomic E-state index is -0.305. The first-order valence-corrected chi connectivity index (χ1v) is 7.50. The van der Waals surface area contributed by atoms with Crippen molar-refractivity contribution in [2.45, 2.75) is 32.7 Å². The predicted molar refractivity (Wildman–Crippen MR) is 86.6 cm³/mol. The van der Waals surface area contributed by atoms with Crippen LogP contribution < -0.4 is 5.32 Å². The van der Waals surface area contributed by atoms with Crippen molar-refractivity contribution in [3.05, 3.63) is 39.9 Å². The van der Waals surface area contributed by atoms with Crippen molar-refractivity contribution in [3.63, 3.8) is 0 Å². The van der Waals surface area contributed by atoms with Gasteiger partial charge in [0.25, 0.3) is 5.69 Å². The summed E-state index contributed by atoms with van der Waals surface area (Å²) in [6.07, 6.45) is 1.79. The van der Waals surface area contributed by atoms with E-state index in [2.05, 4.69) is 38.2 Å². The van der Waals surface area contributed by atoms with Gasteiger partial charge < -0.3 is 10.2 Å². The quantitative estimate of drug-likeness (QED) is 0.562. The summed E-state index contributed by atoms with van der Waals surface area (Å²) in [6.45, 7) is 6.17. The first-order valence-electron chi connectivity index (χ1n) is 7.50. The van der Waals surface area contributed by atoms with Crippen LogP contribution in [0.15, 0.2) is 24.3 Å². The fourth-order valence-electron chi connectivity index (χ4n) is 2.54. The average Bonchev–Trinajstić information content (AvgIpc) is 2.37. The van der Waals surface area contributed by atoms with Crippen LogP contribution in [0.1, 0.15) is 25.8 Å². The second kappa shape index (κ2) is 8.74. The van der Waals surface area contributed by atoms with Gasteiger partial charge in [0.05, 0.1) is 4.92 Å². The van der Waals surface area contributed by atoms with E-state index in [4.69, 9.17) is 0 Å². The molecule has 0 heterocycles. The molecule has 21 heavy (non-hydrogen) atoms. The van der Waals surface area contributed by atoms with Crippen LogP contribution >= 0.6 is 0 Å². The highest BCUT2D eigenvalue weighted by Crippen LogP contribution is 2.17. The standard InChI is InChI=1S/C16H27N3O2/c1-13(2)11-15(12-18(3)4)17-10-9-14-7-5-6-8-16(14)19(20)21/h5-8,13,15,17H,9-12H2,1-4H3. The van der Waals surface area contributed by atoms with E-state index < -0.39 is 0 Å². The summed E-state index contributed by atoms with van der Waals surface area (Å²) in [5.74, 6) is 0.633. The van der Waals surface area contributed by atoms with E-state index in [-0.39, 0.29) is 10.6 Å². The molecule has 1 aromatic carbocycles. The summed E-state index contributed by atoms with van der Waals surface area (Å²) in [5, 5.41) is 14.5. The SMILES string of the molecule is CC(C)CC(CN(C)C)NCCc1ccccc1[N+](=O)[O-]. The summed E-state index contributed by atoms with van der Waals surface area (Å²) in [5.41, 5.74) is 1.01. The molecule has 0 aromatic heterocycles. The number of benzene rings is 1. The first kappa shape index (κ1) is 17.6. The molecule has 0 fully saturated rings. The van der Waals surface area contributed by atoms with E-state index in [0.29, 0.717) is 18.4 Å². The second-order valence-corrected chi connectivity index (χ2v) is 6.18. The number of para-hydroxylation sites is 1. The third kappa shape index (κ3) is 6.69. The summed E-state index contributed by atoms with van der Waals surface area (Å²) in [7, 11) is 4.13. The topological polar surface area (TPSA) is 58.4 Å². The molecule has 5 heteroatoms. The zero-order valence-electron chi connectivity index (χ0n) is 13.5. The largest absolute Gasteiger partial charge is 0.312 e. The maximum Gasteiger partial charge on any atom is 0.272 e. The van der Waals surface area contributed by atoms with Crippen molar-refractivity contribution in [3.8, 4) is 0 Å². The Hall–Kier alpha value is -1.46. The minimum absolute atomic E-state index is 0.215. The van der Waals surface area contributed by atoms with Crippen LogP contribution in [0.25, 0.3) is 0 Å². The van der Waals surface area contributed by atoms with Crippen molar-refractivity contribution in [2.75, 3.05) is 27.2 Å². The number of nitro benzene ring substituents is 1. The van der Waals surface area contributed by atoms with Crippen molar-refractivity contribution in [2.24, 2.45) is 5.92 Å². The fraction of sp³-hybridized carbons (Fsp3) is 0.625. The number of hydrogen-bond acceptors (Lipinski definition) is 4. The fourth-order valence-corrected chi connectivity index (χ4v) is 2.54. The lowest BCUT2D eigenvalue weighted by Crippen LogP contribution is -2.40. The number of likely N-dealkylation sites (N-methyl/N-ethyl adjacent to an activating group) is 1. The van der Waals surface area contributed by atoms with Gasteiger partial charge in [-0.3, -0.25) is 10.1 Å². The van der Waals surface area contributed by atoms with E-state index in [0.717, 1.165) is 25.1 Å². The molecule has 1 N–H and O–H groups in total. The number of nitro groups is 1. The van der Waals surface area contributed by atoms with Crippen LogP contribution in [0.5, 0.6) is 0 Å². The van der Waals surface area contributed by atoms with Gasteiger partial charge in [-0.05, 0) is 39.4 Å². The van der Waals surface area contributed by atoms with E-state index in [1.165, 1.54) is 0 Å². The van der Waals surface area contributed by atoms with Gasteiger partial charge in [0, 0.05) is 24.2 Å². The van der Waals surface area contributed by atoms with Crippen molar-refractivity contribution in [1.82, 2.24) is 10.2 Å². The van der Waals surface area contributed by atoms with Gasteiger partial charge >= 0.3 is 0 Å². The highest BCUT2D eigenvalue weighted by Gasteiger charge is 2.14. The average molecular weight is 293 g/mol. The van der Waals surface area contributed by atoms with Gasteiger partial charge in [-0.1, -0.05) is 32.0 Å². The Bertz CT molecular complexity index is 437. The van der Waals surface area contributed by atoms with Gasteiger partial charge in [-0.2, -0.15) is 0 Å². The maximum atomic E-state index is 11.0. The molecule has 5 nitrogen and oxygen atoms in total. The van der Waals surface area contributed by atoms with Crippen molar-refractivity contribution < 1.29 is 4.92 Å². The Morgan fingerprint density at radius 2 is 1.95 bits per heavy atom. The molecule has 0 aliphatic rings. The lowest BCUT2D eigenvalue weighted by Gasteiger charge is -2.24. The normalized spacial score (nSPS) is 12.9. The summed E-state index contributed by atoms with van der Waals surface area (Å²) in [4.78, 5) is 12.9. The first-order chi connectivity index (χ1) is 9.90. The van der Waals surface area contributed by atoms with E-state index in [1.807, 2.05) is 12.1 Å². The van der Waals surface area contributed by atoms with Crippen LogP contribution in [-0.4, -0.2) is 43.0 Å². The molecular weight excluding hydrogens is 266 g/mol. The molecule has 0 aliphatic carbocycles. The van der Waals surface area contributed by atoms with Crippen LogP contribution in [-0.2, 0) is 6.42 Å². The zero-order chi connectivity index (χ0) is 15.8. The molecule has 0 bridgehead atoms. The molecule has 0 radical (unpaired) electrons. The lowest BCUT2D eigenvalue weighted by molar-refractivity contribution is -0.385. The Labute approximate surface area is 127 Å². The monoisotopic (exact) mass is 293 g/mol. The van der Waals surface area contributed by atoms with Crippen molar-refractivity contribution in [1.29, 1.82) is 0 Å². The second-order valence-electron chi connectivity index (χ2n) is 6.18. The molecule has 0 aliphatic heterocycles. The molecule has 1 rings (SSSR count). The van der Waals surface area contributed by atoms with E-state index in [9.17, 15) is 10.1 Å². The molecule has 0 spiro atoms. The molecule has 0 saturated heterocycles. The predicted octanol–water partition coefficient (Wildman–Crippen LogP) is 2.70. The highest BCUT2D eigenvalue weighted by molar-refractivity contribution is 5.39. The number of nitrogens with one attached hydrogen (secondary N) is 1. The molecule has 0 saturated carbocycles. The van der Waals surface area contributed by atoms with Crippen LogP contribution in [0.4, 0.5) is 5.69 Å². The van der Waals surface area contributed by atoms with Gasteiger partial charge in [-0.25, -0.2) is 0 Å². The minimum Gasteiger partial charge on any atom is -0.312 e.